The SMILES string of the molecule is CN(C(=O)COc1ccc2ccccc2c1Br)C1CCCCC1. The number of carbonyl (C=O) groups is 1. The van der Waals surface area contributed by atoms with Crippen molar-refractivity contribution in [2.45, 2.75) is 38.1 Å². The normalized spacial score (nSPS) is 15.6. The third-order valence-corrected chi connectivity index (χ3v) is 5.51. The van der Waals surface area contributed by atoms with Crippen LogP contribution in [0.15, 0.2) is 40.9 Å². The van der Waals surface area contributed by atoms with Gasteiger partial charge >= 0.3 is 0 Å². The van der Waals surface area contributed by atoms with Gasteiger partial charge < -0.3 is 9.64 Å². The van der Waals surface area contributed by atoms with Gasteiger partial charge in [-0.2, -0.15) is 0 Å². The monoisotopic (exact) mass is 375 g/mol. The van der Waals surface area contributed by atoms with Gasteiger partial charge in [0.05, 0.1) is 4.47 Å². The molecule has 1 amide bonds. The summed E-state index contributed by atoms with van der Waals surface area (Å²) in [6.45, 7) is 0.0872. The minimum atomic E-state index is 0.0527. The fourth-order valence-electron chi connectivity index (χ4n) is 3.24. The molecule has 3 rings (SSSR count). The van der Waals surface area contributed by atoms with Gasteiger partial charge in [0.1, 0.15) is 5.75 Å². The number of likely N-dealkylation sites (N-methyl/N-ethyl adjacent to an activating group) is 1. The molecule has 0 radical (unpaired) electrons. The zero-order valence-electron chi connectivity index (χ0n) is 13.4. The molecule has 0 spiro atoms. The number of carbonyl (C=O) groups excluding carboxylic acids is 1. The second-order valence-corrected chi connectivity index (χ2v) is 6.98. The van der Waals surface area contributed by atoms with Crippen LogP contribution in [0.1, 0.15) is 32.1 Å². The third-order valence-electron chi connectivity index (χ3n) is 4.69. The molecule has 1 aliphatic rings. The van der Waals surface area contributed by atoms with Crippen LogP contribution in [0.3, 0.4) is 0 Å². The zero-order chi connectivity index (χ0) is 16.2. The molecule has 2 aromatic rings. The van der Waals surface area contributed by atoms with Crippen LogP contribution in [0.2, 0.25) is 0 Å². The fraction of sp³-hybridized carbons (Fsp3) is 0.421. The summed E-state index contributed by atoms with van der Waals surface area (Å²) in [6.07, 6.45) is 5.96. The van der Waals surface area contributed by atoms with Crippen molar-refractivity contribution in [1.82, 2.24) is 4.90 Å². The van der Waals surface area contributed by atoms with Crippen LogP contribution in [-0.2, 0) is 4.79 Å². The molecule has 1 aliphatic carbocycles. The molecule has 0 N–H and O–H groups in total. The molecule has 23 heavy (non-hydrogen) atoms. The van der Waals surface area contributed by atoms with Crippen molar-refractivity contribution in [1.29, 1.82) is 0 Å². The fourth-order valence-corrected chi connectivity index (χ4v) is 3.85. The first kappa shape index (κ1) is 16.3. The van der Waals surface area contributed by atoms with E-state index in [2.05, 4.69) is 22.0 Å². The van der Waals surface area contributed by atoms with Crippen molar-refractivity contribution in [3.63, 3.8) is 0 Å². The quantitative estimate of drug-likeness (QED) is 0.769. The van der Waals surface area contributed by atoms with Crippen molar-refractivity contribution in [3.05, 3.63) is 40.9 Å². The molecule has 1 fully saturated rings. The van der Waals surface area contributed by atoms with Gasteiger partial charge in [0, 0.05) is 13.1 Å². The first-order chi connectivity index (χ1) is 11.2. The first-order valence-electron chi connectivity index (χ1n) is 8.22. The van der Waals surface area contributed by atoms with Gasteiger partial charge in [0.25, 0.3) is 5.91 Å². The van der Waals surface area contributed by atoms with Gasteiger partial charge in [-0.3, -0.25) is 4.79 Å². The molecule has 2 aromatic carbocycles. The van der Waals surface area contributed by atoms with Gasteiger partial charge in [-0.1, -0.05) is 49.6 Å². The van der Waals surface area contributed by atoms with Crippen LogP contribution in [0.25, 0.3) is 10.8 Å². The van der Waals surface area contributed by atoms with Crippen molar-refractivity contribution >= 4 is 32.6 Å². The Hall–Kier alpha value is -1.55. The molecule has 0 aromatic heterocycles. The summed E-state index contributed by atoms with van der Waals surface area (Å²) in [6, 6.07) is 12.4. The maximum Gasteiger partial charge on any atom is 0.260 e. The Bertz CT molecular complexity index is 695. The first-order valence-corrected chi connectivity index (χ1v) is 9.02. The molecular weight excluding hydrogens is 354 g/mol. The smallest absolute Gasteiger partial charge is 0.260 e. The van der Waals surface area contributed by atoms with Gasteiger partial charge in [-0.05, 0) is 45.6 Å². The van der Waals surface area contributed by atoms with E-state index in [1.54, 1.807) is 0 Å². The van der Waals surface area contributed by atoms with Gasteiger partial charge in [-0.25, -0.2) is 0 Å². The van der Waals surface area contributed by atoms with E-state index in [4.69, 9.17) is 4.74 Å². The molecular formula is C19H22BrNO2. The van der Waals surface area contributed by atoms with Crippen LogP contribution < -0.4 is 4.74 Å². The maximum atomic E-state index is 12.4. The zero-order valence-corrected chi connectivity index (χ0v) is 15.0. The Labute approximate surface area is 145 Å². The third kappa shape index (κ3) is 3.69. The summed E-state index contributed by atoms with van der Waals surface area (Å²) in [5, 5.41) is 2.25. The molecule has 0 unspecified atom stereocenters. The average molecular weight is 376 g/mol. The lowest BCUT2D eigenvalue weighted by atomic mass is 9.94. The average Bonchev–Trinajstić information content (AvgIpc) is 2.61. The molecule has 1 saturated carbocycles. The highest BCUT2D eigenvalue weighted by Gasteiger charge is 2.22. The number of benzene rings is 2. The topological polar surface area (TPSA) is 29.5 Å². The van der Waals surface area contributed by atoms with Crippen molar-refractivity contribution in [2.24, 2.45) is 0 Å². The van der Waals surface area contributed by atoms with E-state index in [1.807, 2.05) is 42.3 Å². The van der Waals surface area contributed by atoms with Gasteiger partial charge in [0.15, 0.2) is 6.61 Å². The number of hydrogen-bond acceptors (Lipinski definition) is 2. The highest BCUT2D eigenvalue weighted by molar-refractivity contribution is 9.10. The predicted octanol–water partition coefficient (Wildman–Crippen LogP) is 4.77. The summed E-state index contributed by atoms with van der Waals surface area (Å²) in [5.41, 5.74) is 0. The largest absolute Gasteiger partial charge is 0.483 e. The molecule has 4 heteroatoms. The van der Waals surface area contributed by atoms with Crippen LogP contribution in [-0.4, -0.2) is 30.5 Å². The number of fused-ring (bicyclic) bond motifs is 1. The predicted molar refractivity (Wildman–Crippen MR) is 96.8 cm³/mol. The van der Waals surface area contributed by atoms with E-state index < -0.39 is 0 Å². The lowest BCUT2D eigenvalue weighted by molar-refractivity contribution is -0.134. The Morgan fingerprint density at radius 1 is 1.17 bits per heavy atom. The Kier molecular flexibility index (Phi) is 5.21. The Morgan fingerprint density at radius 3 is 2.70 bits per heavy atom. The van der Waals surface area contributed by atoms with Crippen LogP contribution in [0.4, 0.5) is 0 Å². The van der Waals surface area contributed by atoms with E-state index >= 15 is 0 Å². The molecule has 0 heterocycles. The van der Waals surface area contributed by atoms with Gasteiger partial charge in [0.2, 0.25) is 0 Å². The summed E-state index contributed by atoms with van der Waals surface area (Å²) < 4.78 is 6.69. The number of hydrogen-bond donors (Lipinski definition) is 0. The van der Waals surface area contributed by atoms with Gasteiger partial charge in [-0.15, -0.1) is 0 Å². The standard InChI is InChI=1S/C19H22BrNO2/c1-21(15-8-3-2-4-9-15)18(22)13-23-17-12-11-14-7-5-6-10-16(14)19(17)20/h5-7,10-12,15H,2-4,8-9,13H2,1H3. The summed E-state index contributed by atoms with van der Waals surface area (Å²) in [4.78, 5) is 14.2. The van der Waals surface area contributed by atoms with Crippen molar-refractivity contribution in [3.8, 4) is 5.75 Å². The summed E-state index contributed by atoms with van der Waals surface area (Å²) in [7, 11) is 1.90. The minimum absolute atomic E-state index is 0.0527. The summed E-state index contributed by atoms with van der Waals surface area (Å²) >= 11 is 3.60. The Balaban J connectivity index is 1.65. The molecule has 0 atom stereocenters. The maximum absolute atomic E-state index is 12.4. The number of rotatable bonds is 4. The molecule has 0 aliphatic heterocycles. The summed E-state index contributed by atoms with van der Waals surface area (Å²) in [5.74, 6) is 0.769. The van der Waals surface area contributed by atoms with E-state index in [0.29, 0.717) is 11.8 Å². The highest BCUT2D eigenvalue weighted by Crippen LogP contribution is 2.33. The van der Waals surface area contributed by atoms with Crippen molar-refractivity contribution < 1.29 is 9.53 Å². The minimum Gasteiger partial charge on any atom is -0.483 e. The molecule has 122 valence electrons. The molecule has 0 bridgehead atoms. The van der Waals surface area contributed by atoms with Crippen LogP contribution in [0.5, 0.6) is 5.75 Å². The lowest BCUT2D eigenvalue weighted by Gasteiger charge is -2.31. The number of halogens is 1. The number of nitrogens with zero attached hydrogens (tertiary/aromatic N) is 1. The number of amides is 1. The van der Waals surface area contributed by atoms with E-state index in [0.717, 1.165) is 28.1 Å². The lowest BCUT2D eigenvalue weighted by Crippen LogP contribution is -2.40. The van der Waals surface area contributed by atoms with E-state index in [1.165, 1.54) is 19.3 Å². The highest BCUT2D eigenvalue weighted by atomic mass is 79.9. The van der Waals surface area contributed by atoms with E-state index in [-0.39, 0.29) is 12.5 Å². The van der Waals surface area contributed by atoms with Crippen LogP contribution in [0, 0.1) is 0 Å². The second-order valence-electron chi connectivity index (χ2n) is 6.18. The van der Waals surface area contributed by atoms with Crippen molar-refractivity contribution in [2.75, 3.05) is 13.7 Å². The molecule has 3 nitrogen and oxygen atoms in total. The second kappa shape index (κ2) is 7.35. The van der Waals surface area contributed by atoms with Crippen LogP contribution >= 0.6 is 15.9 Å². The number of ether oxygens (including phenoxy) is 1. The Morgan fingerprint density at radius 2 is 1.91 bits per heavy atom. The van der Waals surface area contributed by atoms with E-state index in [9.17, 15) is 4.79 Å². The molecule has 0 saturated heterocycles.